The number of unbranched alkanes of at least 4 members (excludes halogenated alkanes) is 1. The summed E-state index contributed by atoms with van der Waals surface area (Å²) in [7, 11) is -2.87. The number of sulfone groups is 1. The lowest BCUT2D eigenvalue weighted by atomic mass is 9.86. The number of allylic oxidation sites excluding steroid dienone is 3. The first-order chi connectivity index (χ1) is 17.5. The lowest BCUT2D eigenvalue weighted by Crippen LogP contribution is -2.31. The Hall–Kier alpha value is -2.52. The fourth-order valence-electron chi connectivity index (χ4n) is 4.20. The molecule has 1 aliphatic rings. The largest absolute Gasteiger partial charge is 0.466 e. The van der Waals surface area contributed by atoms with Gasteiger partial charge in [-0.05, 0) is 63.1 Å². The van der Waals surface area contributed by atoms with E-state index in [1.165, 1.54) is 19.2 Å². The number of hydrogen-bond acceptors (Lipinski definition) is 7. The molecule has 1 heterocycles. The zero-order chi connectivity index (χ0) is 27.3. The molecule has 0 radical (unpaired) electrons. The third-order valence-electron chi connectivity index (χ3n) is 5.97. The third-order valence-corrected chi connectivity index (χ3v) is 8.82. The average Bonchev–Trinajstić information content (AvgIpc) is 2.85. The monoisotopic (exact) mass is 567 g/mol. The topological polar surface area (TPSA) is 90.9 Å². The number of carbonyl (C=O) groups is 1. The quantitative estimate of drug-likeness (QED) is 0.202. The number of carbonyl (C=O) groups excluding carboxylic acids is 1. The van der Waals surface area contributed by atoms with Crippen LogP contribution in [0.25, 0.3) is 0 Å². The second kappa shape index (κ2) is 12.3. The number of methoxy groups -OCH3 is 1. The van der Waals surface area contributed by atoms with Crippen LogP contribution in [-0.4, -0.2) is 34.4 Å². The molecule has 2 unspecified atom stereocenters. The van der Waals surface area contributed by atoms with Crippen molar-refractivity contribution in [3.8, 4) is 5.75 Å². The Morgan fingerprint density at radius 2 is 1.76 bits per heavy atom. The van der Waals surface area contributed by atoms with Crippen molar-refractivity contribution in [3.63, 3.8) is 0 Å². The maximum atomic E-state index is 14.0. The molecule has 1 N–H and O–H groups in total. The molecule has 0 saturated heterocycles. The van der Waals surface area contributed by atoms with Crippen molar-refractivity contribution >= 4 is 39.0 Å². The molecule has 0 fully saturated rings. The molecule has 0 amide bonds. The number of esters is 1. The standard InChI is InChI=1S/C27H31Cl2NO6S/c1-6-7-15-35-18(4)36-19-11-13-20(14-12-19)37(32,33)26-17(3)30-16(2)23(27(31)34-5)24(26)21-9-8-10-22(28)25(21)29/h8-14,18,24,30H,6-7,15H2,1-5H3. The van der Waals surface area contributed by atoms with Gasteiger partial charge < -0.3 is 19.5 Å². The molecule has 7 nitrogen and oxygen atoms in total. The Morgan fingerprint density at radius 3 is 2.38 bits per heavy atom. The number of rotatable bonds is 10. The zero-order valence-electron chi connectivity index (χ0n) is 21.4. The minimum atomic E-state index is -4.11. The van der Waals surface area contributed by atoms with Gasteiger partial charge in [0.2, 0.25) is 9.84 Å². The molecule has 37 heavy (non-hydrogen) atoms. The predicted molar refractivity (Wildman–Crippen MR) is 144 cm³/mol. The molecule has 0 aromatic heterocycles. The second-order valence-electron chi connectivity index (χ2n) is 8.61. The molecular formula is C27H31Cl2NO6S. The SMILES string of the molecule is CCCCOC(C)Oc1ccc(S(=O)(=O)C2=C(C)NC(C)=C(C(=O)OC)C2c2cccc(Cl)c2Cl)cc1. The molecule has 0 saturated carbocycles. The van der Waals surface area contributed by atoms with Crippen LogP contribution in [0.2, 0.25) is 10.0 Å². The van der Waals surface area contributed by atoms with Crippen LogP contribution >= 0.6 is 23.2 Å². The van der Waals surface area contributed by atoms with E-state index in [1.807, 2.05) is 0 Å². The van der Waals surface area contributed by atoms with Crippen LogP contribution in [0, 0.1) is 0 Å². The van der Waals surface area contributed by atoms with Crippen LogP contribution in [0.4, 0.5) is 0 Å². The summed E-state index contributed by atoms with van der Waals surface area (Å²) in [4.78, 5) is 12.9. The van der Waals surface area contributed by atoms with Crippen molar-refractivity contribution in [1.29, 1.82) is 0 Å². The lowest BCUT2D eigenvalue weighted by Gasteiger charge is -2.31. The predicted octanol–water partition coefficient (Wildman–Crippen LogP) is 6.37. The van der Waals surface area contributed by atoms with Gasteiger partial charge in [0.15, 0.2) is 6.29 Å². The van der Waals surface area contributed by atoms with Gasteiger partial charge in [0.1, 0.15) is 5.75 Å². The van der Waals surface area contributed by atoms with E-state index < -0.39 is 28.0 Å². The third kappa shape index (κ3) is 6.32. The first-order valence-electron chi connectivity index (χ1n) is 11.9. The van der Waals surface area contributed by atoms with E-state index >= 15 is 0 Å². The highest BCUT2D eigenvalue weighted by atomic mass is 35.5. The Morgan fingerprint density at radius 1 is 1.08 bits per heavy atom. The number of dihydropyridines is 1. The Balaban J connectivity index is 2.05. The van der Waals surface area contributed by atoms with Gasteiger partial charge >= 0.3 is 5.97 Å². The molecule has 3 rings (SSSR count). The van der Waals surface area contributed by atoms with Gasteiger partial charge in [-0.15, -0.1) is 0 Å². The molecule has 0 bridgehead atoms. The summed E-state index contributed by atoms with van der Waals surface area (Å²) in [6.07, 6.45) is 1.45. The first-order valence-corrected chi connectivity index (χ1v) is 14.1. The van der Waals surface area contributed by atoms with Crippen LogP contribution in [0.5, 0.6) is 5.75 Å². The number of halogens is 2. The van der Waals surface area contributed by atoms with Crippen LogP contribution in [-0.2, 0) is 24.1 Å². The minimum absolute atomic E-state index is 0.0207. The van der Waals surface area contributed by atoms with Crippen molar-refractivity contribution in [2.75, 3.05) is 13.7 Å². The second-order valence-corrected chi connectivity index (χ2v) is 11.3. The first kappa shape index (κ1) is 29.0. The minimum Gasteiger partial charge on any atom is -0.466 e. The van der Waals surface area contributed by atoms with Crippen molar-refractivity contribution in [2.24, 2.45) is 0 Å². The highest BCUT2D eigenvalue weighted by Gasteiger charge is 2.41. The summed E-state index contributed by atoms with van der Waals surface area (Å²) in [5.41, 5.74) is 1.34. The van der Waals surface area contributed by atoms with Crippen LogP contribution in [0.1, 0.15) is 52.0 Å². The van der Waals surface area contributed by atoms with Gasteiger partial charge in [-0.1, -0.05) is 48.7 Å². The number of benzene rings is 2. The molecule has 0 spiro atoms. The molecule has 2 aromatic rings. The lowest BCUT2D eigenvalue weighted by molar-refractivity contribution is -0.136. The molecule has 0 aliphatic carbocycles. The summed E-state index contributed by atoms with van der Waals surface area (Å²) >= 11 is 12.8. The highest BCUT2D eigenvalue weighted by molar-refractivity contribution is 7.95. The molecule has 2 atom stereocenters. The van der Waals surface area contributed by atoms with Crippen LogP contribution in [0.15, 0.2) is 69.2 Å². The summed E-state index contributed by atoms with van der Waals surface area (Å²) < 4.78 is 44.4. The fraction of sp³-hybridized carbons (Fsp3) is 0.370. The Labute approximate surface area is 228 Å². The van der Waals surface area contributed by atoms with Gasteiger partial charge in [0.25, 0.3) is 0 Å². The number of ether oxygens (including phenoxy) is 3. The average molecular weight is 569 g/mol. The van der Waals surface area contributed by atoms with E-state index in [-0.39, 0.29) is 25.4 Å². The molecule has 1 aliphatic heterocycles. The van der Waals surface area contributed by atoms with E-state index in [0.717, 1.165) is 12.8 Å². The van der Waals surface area contributed by atoms with Crippen molar-refractivity contribution in [2.45, 2.75) is 57.6 Å². The smallest absolute Gasteiger partial charge is 0.336 e. The molecule has 10 heteroatoms. The van der Waals surface area contributed by atoms with Crippen LogP contribution < -0.4 is 10.1 Å². The van der Waals surface area contributed by atoms with Gasteiger partial charge in [0.05, 0.1) is 45.1 Å². The highest BCUT2D eigenvalue weighted by Crippen LogP contribution is 2.46. The van der Waals surface area contributed by atoms with Gasteiger partial charge in [-0.25, -0.2) is 13.2 Å². The van der Waals surface area contributed by atoms with E-state index in [1.54, 1.807) is 51.1 Å². The van der Waals surface area contributed by atoms with Crippen molar-refractivity contribution in [3.05, 3.63) is 79.9 Å². The molecular weight excluding hydrogens is 537 g/mol. The van der Waals surface area contributed by atoms with Crippen LogP contribution in [0.3, 0.4) is 0 Å². The summed E-state index contributed by atoms with van der Waals surface area (Å²) in [6, 6.07) is 11.0. The van der Waals surface area contributed by atoms with Crippen molar-refractivity contribution < 1.29 is 27.4 Å². The van der Waals surface area contributed by atoms with E-state index in [2.05, 4.69) is 12.2 Å². The summed E-state index contributed by atoms with van der Waals surface area (Å²) in [5, 5.41) is 3.43. The Kier molecular flexibility index (Phi) is 9.69. The summed E-state index contributed by atoms with van der Waals surface area (Å²) in [6.45, 7) is 7.75. The van der Waals surface area contributed by atoms with Gasteiger partial charge in [-0.2, -0.15) is 0 Å². The van der Waals surface area contributed by atoms with Gasteiger partial charge in [-0.3, -0.25) is 0 Å². The summed E-state index contributed by atoms with van der Waals surface area (Å²) in [5.74, 6) is -1.24. The zero-order valence-corrected chi connectivity index (χ0v) is 23.8. The van der Waals surface area contributed by atoms with E-state index in [0.29, 0.717) is 29.3 Å². The Bertz CT molecular complexity index is 1320. The number of hydrogen-bond donors (Lipinski definition) is 1. The fourth-order valence-corrected chi connectivity index (χ4v) is 6.37. The normalized spacial score (nSPS) is 16.9. The van der Waals surface area contributed by atoms with Crippen molar-refractivity contribution in [1.82, 2.24) is 5.32 Å². The maximum absolute atomic E-state index is 14.0. The molecule has 200 valence electrons. The van der Waals surface area contributed by atoms with E-state index in [4.69, 9.17) is 37.4 Å². The maximum Gasteiger partial charge on any atom is 0.336 e. The van der Waals surface area contributed by atoms with Gasteiger partial charge in [0, 0.05) is 11.4 Å². The number of nitrogens with one attached hydrogen (secondary N) is 1. The molecule has 2 aromatic carbocycles. The van der Waals surface area contributed by atoms with E-state index in [9.17, 15) is 13.2 Å².